The molecule has 0 fully saturated rings. The number of phenolic OH excluding ortho intramolecular Hbond substituents is 4. The Morgan fingerprint density at radius 2 is 1.08 bits per heavy atom. The third-order valence-electron chi connectivity index (χ3n) is 1.67. The van der Waals surface area contributed by atoms with Gasteiger partial charge in [0.1, 0.15) is 0 Å². The molecule has 0 saturated heterocycles. The topological polar surface area (TPSA) is 122 Å². The first-order chi connectivity index (χ1) is 6.13. The second-order valence-electron chi connectivity index (χ2n) is 2.42. The molecular formula is C6H5N3O4. The SMILES string of the molecule is Oc1c(O)c(O)c2n[nH]nc2c1O. The minimum atomic E-state index is -0.820. The van der Waals surface area contributed by atoms with E-state index in [1.165, 1.54) is 0 Å². The number of rotatable bonds is 0. The van der Waals surface area contributed by atoms with E-state index in [1.807, 2.05) is 0 Å². The first kappa shape index (κ1) is 7.47. The highest BCUT2D eigenvalue weighted by Gasteiger charge is 2.20. The molecule has 2 aromatic rings. The lowest BCUT2D eigenvalue weighted by Crippen LogP contribution is -1.77. The van der Waals surface area contributed by atoms with Crippen molar-refractivity contribution < 1.29 is 20.4 Å². The van der Waals surface area contributed by atoms with Gasteiger partial charge in [-0.05, 0) is 0 Å². The molecule has 0 aliphatic rings. The van der Waals surface area contributed by atoms with Crippen LogP contribution in [0.1, 0.15) is 0 Å². The van der Waals surface area contributed by atoms with Crippen molar-refractivity contribution in [3.05, 3.63) is 0 Å². The molecule has 68 valence electrons. The Hall–Kier alpha value is -2.18. The van der Waals surface area contributed by atoms with Crippen LogP contribution in [-0.2, 0) is 0 Å². The van der Waals surface area contributed by atoms with Crippen LogP contribution in [0.4, 0.5) is 0 Å². The summed E-state index contributed by atoms with van der Waals surface area (Å²) in [4.78, 5) is 0. The highest BCUT2D eigenvalue weighted by atomic mass is 16.3. The molecular weight excluding hydrogens is 178 g/mol. The van der Waals surface area contributed by atoms with E-state index in [4.69, 9.17) is 10.2 Å². The monoisotopic (exact) mass is 183 g/mol. The lowest BCUT2D eigenvalue weighted by atomic mass is 10.2. The lowest BCUT2D eigenvalue weighted by molar-refractivity contribution is 0.350. The summed E-state index contributed by atoms with van der Waals surface area (Å²) in [5, 5.41) is 45.6. The van der Waals surface area contributed by atoms with Crippen molar-refractivity contribution in [1.29, 1.82) is 0 Å². The van der Waals surface area contributed by atoms with Gasteiger partial charge in [0.2, 0.25) is 11.5 Å². The summed E-state index contributed by atoms with van der Waals surface area (Å²) >= 11 is 0. The minimum Gasteiger partial charge on any atom is -0.503 e. The van der Waals surface area contributed by atoms with Gasteiger partial charge in [0.05, 0.1) is 0 Å². The molecule has 7 nitrogen and oxygen atoms in total. The fraction of sp³-hybridized carbons (Fsp3) is 0. The van der Waals surface area contributed by atoms with Gasteiger partial charge >= 0.3 is 0 Å². The van der Waals surface area contributed by atoms with E-state index < -0.39 is 23.0 Å². The molecule has 0 atom stereocenters. The van der Waals surface area contributed by atoms with Crippen molar-refractivity contribution in [3.8, 4) is 23.0 Å². The number of benzene rings is 1. The molecule has 0 spiro atoms. The van der Waals surface area contributed by atoms with Gasteiger partial charge in [0, 0.05) is 0 Å². The molecule has 0 amide bonds. The Balaban J connectivity index is 3.02. The molecule has 0 unspecified atom stereocenters. The van der Waals surface area contributed by atoms with E-state index in [-0.39, 0.29) is 11.0 Å². The Bertz CT molecular complexity index is 436. The fourth-order valence-electron chi connectivity index (χ4n) is 1.01. The van der Waals surface area contributed by atoms with Gasteiger partial charge in [-0.25, -0.2) is 0 Å². The standard InChI is InChI=1S/C6H5N3O4/c10-3-1-2(8-9-7-1)4(11)6(13)5(3)12/h10-13H,(H,7,8,9). The number of nitrogens with one attached hydrogen (secondary N) is 1. The average molecular weight is 183 g/mol. The highest BCUT2D eigenvalue weighted by molar-refractivity contribution is 5.91. The maximum Gasteiger partial charge on any atom is 0.206 e. The van der Waals surface area contributed by atoms with Crippen LogP contribution in [0, 0.1) is 0 Å². The number of aromatic nitrogens is 3. The maximum absolute atomic E-state index is 9.21. The summed E-state index contributed by atoms with van der Waals surface area (Å²) in [6, 6.07) is 0. The summed E-state index contributed by atoms with van der Waals surface area (Å²) in [6.45, 7) is 0. The molecule has 7 heteroatoms. The zero-order valence-corrected chi connectivity index (χ0v) is 6.18. The van der Waals surface area contributed by atoms with E-state index in [2.05, 4.69) is 15.4 Å². The molecule has 1 aromatic heterocycles. The quantitative estimate of drug-likeness (QED) is 0.284. The van der Waals surface area contributed by atoms with E-state index in [1.54, 1.807) is 0 Å². The van der Waals surface area contributed by atoms with Gasteiger partial charge in [0.15, 0.2) is 22.5 Å². The predicted octanol–water partition coefficient (Wildman–Crippen LogP) is -0.220. The highest BCUT2D eigenvalue weighted by Crippen LogP contribution is 2.46. The fourth-order valence-corrected chi connectivity index (χ4v) is 1.01. The van der Waals surface area contributed by atoms with Gasteiger partial charge in [-0.3, -0.25) is 0 Å². The van der Waals surface area contributed by atoms with Gasteiger partial charge in [0.25, 0.3) is 0 Å². The first-order valence-corrected chi connectivity index (χ1v) is 3.29. The van der Waals surface area contributed by atoms with Crippen molar-refractivity contribution in [3.63, 3.8) is 0 Å². The van der Waals surface area contributed by atoms with Gasteiger partial charge < -0.3 is 20.4 Å². The zero-order valence-electron chi connectivity index (χ0n) is 6.18. The summed E-state index contributed by atoms with van der Waals surface area (Å²) in [6.07, 6.45) is 0. The number of hydrogen-bond donors (Lipinski definition) is 5. The van der Waals surface area contributed by atoms with Crippen LogP contribution in [0.15, 0.2) is 0 Å². The zero-order chi connectivity index (χ0) is 9.59. The van der Waals surface area contributed by atoms with E-state index in [0.717, 1.165) is 0 Å². The second kappa shape index (κ2) is 2.16. The Kier molecular flexibility index (Phi) is 1.24. The van der Waals surface area contributed by atoms with Crippen LogP contribution in [0.25, 0.3) is 11.0 Å². The second-order valence-corrected chi connectivity index (χ2v) is 2.42. The Morgan fingerprint density at radius 1 is 0.692 bits per heavy atom. The average Bonchev–Trinajstić information content (AvgIpc) is 2.59. The molecule has 0 saturated carbocycles. The van der Waals surface area contributed by atoms with Crippen LogP contribution < -0.4 is 0 Å². The van der Waals surface area contributed by atoms with Crippen molar-refractivity contribution in [1.82, 2.24) is 15.4 Å². The van der Waals surface area contributed by atoms with Gasteiger partial charge in [-0.2, -0.15) is 15.4 Å². The number of fused-ring (bicyclic) bond motifs is 1. The number of hydrogen-bond acceptors (Lipinski definition) is 6. The number of H-pyrrole nitrogens is 1. The first-order valence-electron chi connectivity index (χ1n) is 3.29. The van der Waals surface area contributed by atoms with Gasteiger partial charge in [-0.1, -0.05) is 0 Å². The number of phenols is 4. The molecule has 1 aromatic carbocycles. The lowest BCUT2D eigenvalue weighted by Gasteiger charge is -2.02. The van der Waals surface area contributed by atoms with Gasteiger partial charge in [-0.15, -0.1) is 0 Å². The summed E-state index contributed by atoms with van der Waals surface area (Å²) in [7, 11) is 0. The van der Waals surface area contributed by atoms with E-state index >= 15 is 0 Å². The van der Waals surface area contributed by atoms with Crippen LogP contribution in [0.2, 0.25) is 0 Å². The summed E-state index contributed by atoms with van der Waals surface area (Å²) in [5.74, 6) is -2.89. The van der Waals surface area contributed by atoms with Crippen LogP contribution in [-0.4, -0.2) is 35.8 Å². The Labute approximate surface area is 70.9 Å². The minimum absolute atomic E-state index is 0.104. The van der Waals surface area contributed by atoms with Crippen LogP contribution in [0.5, 0.6) is 23.0 Å². The molecule has 5 N–H and O–H groups in total. The normalized spacial score (nSPS) is 10.8. The Morgan fingerprint density at radius 3 is 1.46 bits per heavy atom. The smallest absolute Gasteiger partial charge is 0.206 e. The number of aromatic hydroxyl groups is 4. The summed E-state index contributed by atoms with van der Waals surface area (Å²) < 4.78 is 0. The van der Waals surface area contributed by atoms with Crippen molar-refractivity contribution in [2.75, 3.05) is 0 Å². The third kappa shape index (κ3) is 0.776. The molecule has 0 aliphatic heterocycles. The molecule has 0 aliphatic carbocycles. The van der Waals surface area contributed by atoms with Crippen LogP contribution >= 0.6 is 0 Å². The molecule has 0 bridgehead atoms. The van der Waals surface area contributed by atoms with Crippen molar-refractivity contribution >= 4 is 11.0 Å². The predicted molar refractivity (Wildman–Crippen MR) is 40.5 cm³/mol. The maximum atomic E-state index is 9.21. The van der Waals surface area contributed by atoms with E-state index in [0.29, 0.717) is 0 Å². The van der Waals surface area contributed by atoms with Crippen molar-refractivity contribution in [2.45, 2.75) is 0 Å². The van der Waals surface area contributed by atoms with Crippen LogP contribution in [0.3, 0.4) is 0 Å². The number of nitrogens with zero attached hydrogens (tertiary/aromatic N) is 2. The molecule has 2 rings (SSSR count). The van der Waals surface area contributed by atoms with E-state index in [9.17, 15) is 10.2 Å². The third-order valence-corrected chi connectivity index (χ3v) is 1.67. The summed E-state index contributed by atoms with van der Waals surface area (Å²) in [5.41, 5.74) is -0.208. The number of aromatic amines is 1. The molecule has 13 heavy (non-hydrogen) atoms. The molecule has 0 radical (unpaired) electrons. The van der Waals surface area contributed by atoms with Crippen molar-refractivity contribution in [2.24, 2.45) is 0 Å². The molecule has 1 heterocycles. The largest absolute Gasteiger partial charge is 0.503 e.